The van der Waals surface area contributed by atoms with E-state index in [1.807, 2.05) is 32.9 Å². The number of rotatable bonds is 5. The first-order chi connectivity index (χ1) is 11.6. The molecule has 0 N–H and O–H groups in total. The molecule has 0 saturated heterocycles. The summed E-state index contributed by atoms with van der Waals surface area (Å²) in [5.41, 5.74) is 1.59. The Balaban J connectivity index is 2.19. The zero-order valence-electron chi connectivity index (χ0n) is 15.5. The molecule has 1 aromatic heterocycles. The molecule has 1 unspecified atom stereocenters. The van der Waals surface area contributed by atoms with Gasteiger partial charge in [0.2, 0.25) is 0 Å². The fraction of sp³-hybridized carbons (Fsp3) is 0.421. The van der Waals surface area contributed by atoms with Crippen molar-refractivity contribution in [1.29, 1.82) is 0 Å². The van der Waals surface area contributed by atoms with Crippen molar-refractivity contribution in [1.82, 2.24) is 14.9 Å². The first-order valence-electron chi connectivity index (χ1n) is 8.12. The second-order valence-corrected chi connectivity index (χ2v) is 7.09. The van der Waals surface area contributed by atoms with Gasteiger partial charge in [-0.05, 0) is 63.9 Å². The Hall–Kier alpha value is -2.14. The van der Waals surface area contributed by atoms with Crippen molar-refractivity contribution in [3.8, 4) is 5.75 Å². The van der Waals surface area contributed by atoms with Crippen molar-refractivity contribution in [2.45, 2.75) is 46.3 Å². The van der Waals surface area contributed by atoms with Gasteiger partial charge in [-0.2, -0.15) is 0 Å². The molecule has 0 aliphatic carbocycles. The highest BCUT2D eigenvalue weighted by Crippen LogP contribution is 2.29. The minimum atomic E-state index is -1.03. The van der Waals surface area contributed by atoms with Crippen LogP contribution in [0.4, 0.5) is 0 Å². The van der Waals surface area contributed by atoms with Crippen LogP contribution in [0, 0.1) is 13.8 Å². The number of ether oxygens (including phenoxy) is 1. The third-order valence-corrected chi connectivity index (χ3v) is 4.83. The molecule has 1 aromatic carbocycles. The van der Waals surface area contributed by atoms with E-state index in [2.05, 4.69) is 9.97 Å². The van der Waals surface area contributed by atoms with Gasteiger partial charge in [-0.1, -0.05) is 11.6 Å². The highest BCUT2D eigenvalue weighted by molar-refractivity contribution is 6.32. The van der Waals surface area contributed by atoms with Gasteiger partial charge < -0.3 is 9.64 Å². The molecule has 0 fully saturated rings. The summed E-state index contributed by atoms with van der Waals surface area (Å²) in [4.78, 5) is 22.7. The zero-order chi connectivity index (χ0) is 18.8. The number of halogens is 1. The quantitative estimate of drug-likeness (QED) is 0.803. The van der Waals surface area contributed by atoms with E-state index in [0.29, 0.717) is 10.8 Å². The monoisotopic (exact) mass is 361 g/mol. The molecule has 1 amide bonds. The summed E-state index contributed by atoms with van der Waals surface area (Å²) < 4.78 is 6.00. The summed E-state index contributed by atoms with van der Waals surface area (Å²) in [6, 6.07) is 5.30. The van der Waals surface area contributed by atoms with Crippen molar-refractivity contribution in [2.24, 2.45) is 0 Å². The maximum Gasteiger partial charge on any atom is 0.266 e. The molecule has 2 rings (SSSR count). The molecule has 1 heterocycles. The van der Waals surface area contributed by atoms with E-state index in [1.54, 1.807) is 38.1 Å². The van der Waals surface area contributed by atoms with Crippen molar-refractivity contribution >= 4 is 17.5 Å². The van der Waals surface area contributed by atoms with Crippen molar-refractivity contribution in [3.63, 3.8) is 0 Å². The van der Waals surface area contributed by atoms with Gasteiger partial charge in [0.05, 0.1) is 11.7 Å². The Bertz CT molecular complexity index is 740. The summed E-state index contributed by atoms with van der Waals surface area (Å²) in [7, 11) is 1.75. The number of amides is 1. The largest absolute Gasteiger partial charge is 0.478 e. The number of benzene rings is 1. The van der Waals surface area contributed by atoms with Gasteiger partial charge in [-0.3, -0.25) is 4.79 Å². The smallest absolute Gasteiger partial charge is 0.266 e. The minimum absolute atomic E-state index is 0.135. The maximum absolute atomic E-state index is 13.0. The number of hydrogen-bond acceptors (Lipinski definition) is 4. The van der Waals surface area contributed by atoms with Crippen LogP contribution in [-0.2, 0) is 4.79 Å². The van der Waals surface area contributed by atoms with E-state index < -0.39 is 5.60 Å². The third kappa shape index (κ3) is 4.28. The number of likely N-dealkylation sites (N-methyl/N-ethyl adjacent to an activating group) is 1. The Kier molecular flexibility index (Phi) is 5.68. The van der Waals surface area contributed by atoms with Crippen molar-refractivity contribution in [2.75, 3.05) is 7.05 Å². The lowest BCUT2D eigenvalue weighted by atomic mass is 10.1. The number of nitrogens with zero attached hydrogens (tertiary/aromatic N) is 3. The van der Waals surface area contributed by atoms with E-state index in [9.17, 15) is 4.79 Å². The minimum Gasteiger partial charge on any atom is -0.478 e. The van der Waals surface area contributed by atoms with Gasteiger partial charge in [-0.25, -0.2) is 9.97 Å². The summed E-state index contributed by atoms with van der Waals surface area (Å²) in [6.45, 7) is 9.28. The summed E-state index contributed by atoms with van der Waals surface area (Å²) in [5.74, 6) is 0.490. The van der Waals surface area contributed by atoms with Crippen LogP contribution in [0.1, 0.15) is 43.6 Å². The predicted molar refractivity (Wildman–Crippen MR) is 98.9 cm³/mol. The number of aromatic nitrogens is 2. The van der Waals surface area contributed by atoms with E-state index >= 15 is 0 Å². The van der Waals surface area contributed by atoms with Crippen molar-refractivity contribution in [3.05, 3.63) is 52.6 Å². The molecular formula is C19H24ClN3O2. The standard InChI is InChI=1S/C19H24ClN3O2/c1-12-9-15(10-13(2)17(12)20)25-19(4,5)18(24)23(6)14(3)16-7-8-21-11-22-16/h7-11,14H,1-6H3. The van der Waals surface area contributed by atoms with Crippen molar-refractivity contribution < 1.29 is 9.53 Å². The van der Waals surface area contributed by atoms with Crippen LogP contribution < -0.4 is 4.74 Å². The molecule has 6 heteroatoms. The molecule has 0 saturated carbocycles. The molecule has 0 spiro atoms. The van der Waals surface area contributed by atoms with Gasteiger partial charge in [0.15, 0.2) is 5.60 Å². The predicted octanol–water partition coefficient (Wildman–Crippen LogP) is 4.12. The summed E-state index contributed by atoms with van der Waals surface area (Å²) in [5, 5.41) is 0.714. The summed E-state index contributed by atoms with van der Waals surface area (Å²) >= 11 is 6.20. The zero-order valence-corrected chi connectivity index (χ0v) is 16.3. The number of hydrogen-bond donors (Lipinski definition) is 0. The Labute approximate surface area is 154 Å². The summed E-state index contributed by atoms with van der Waals surface area (Å²) in [6.07, 6.45) is 3.14. The first kappa shape index (κ1) is 19.2. The van der Waals surface area contributed by atoms with Crippen LogP contribution in [0.2, 0.25) is 5.02 Å². The highest BCUT2D eigenvalue weighted by Gasteiger charge is 2.35. The fourth-order valence-corrected chi connectivity index (χ4v) is 2.76. The Morgan fingerprint density at radius 3 is 2.40 bits per heavy atom. The van der Waals surface area contributed by atoms with Gasteiger partial charge in [0, 0.05) is 18.3 Å². The normalized spacial score (nSPS) is 12.6. The molecule has 0 aliphatic rings. The maximum atomic E-state index is 13.0. The van der Waals surface area contributed by atoms with Gasteiger partial charge in [-0.15, -0.1) is 0 Å². The van der Waals surface area contributed by atoms with Crippen LogP contribution in [0.3, 0.4) is 0 Å². The number of carbonyl (C=O) groups excluding carboxylic acids is 1. The molecule has 0 bridgehead atoms. The lowest BCUT2D eigenvalue weighted by Gasteiger charge is -2.33. The first-order valence-corrected chi connectivity index (χ1v) is 8.50. The van der Waals surface area contributed by atoms with Crippen LogP contribution in [0.15, 0.2) is 30.7 Å². The number of carbonyl (C=O) groups is 1. The van der Waals surface area contributed by atoms with E-state index in [4.69, 9.17) is 16.3 Å². The van der Waals surface area contributed by atoms with E-state index in [0.717, 1.165) is 16.8 Å². The molecule has 1 atom stereocenters. The lowest BCUT2D eigenvalue weighted by Crippen LogP contribution is -2.48. The molecular weight excluding hydrogens is 338 g/mol. The molecule has 134 valence electrons. The second-order valence-electron chi connectivity index (χ2n) is 6.71. The Morgan fingerprint density at radius 2 is 1.88 bits per heavy atom. The molecule has 5 nitrogen and oxygen atoms in total. The van der Waals surface area contributed by atoms with Crippen LogP contribution in [0.5, 0.6) is 5.75 Å². The van der Waals surface area contributed by atoms with E-state index in [1.165, 1.54) is 6.33 Å². The van der Waals surface area contributed by atoms with Crippen LogP contribution >= 0.6 is 11.6 Å². The third-order valence-electron chi connectivity index (χ3n) is 4.23. The second kappa shape index (κ2) is 7.40. The Morgan fingerprint density at radius 1 is 1.28 bits per heavy atom. The molecule has 2 aromatic rings. The topological polar surface area (TPSA) is 55.3 Å². The number of aryl methyl sites for hydroxylation is 2. The lowest BCUT2D eigenvalue weighted by molar-refractivity contribution is -0.146. The molecule has 0 aliphatic heterocycles. The van der Waals surface area contributed by atoms with Crippen LogP contribution in [0.25, 0.3) is 0 Å². The average molecular weight is 362 g/mol. The average Bonchev–Trinajstić information content (AvgIpc) is 2.58. The highest BCUT2D eigenvalue weighted by atomic mass is 35.5. The van der Waals surface area contributed by atoms with Gasteiger partial charge in [0.1, 0.15) is 12.1 Å². The molecule has 25 heavy (non-hydrogen) atoms. The molecule has 0 radical (unpaired) electrons. The SMILES string of the molecule is Cc1cc(OC(C)(C)C(=O)N(C)C(C)c2ccncn2)cc(C)c1Cl. The fourth-order valence-electron chi connectivity index (χ4n) is 2.65. The van der Waals surface area contributed by atoms with E-state index in [-0.39, 0.29) is 11.9 Å². The van der Waals surface area contributed by atoms with Crippen LogP contribution in [-0.4, -0.2) is 33.4 Å². The van der Waals surface area contributed by atoms with Gasteiger partial charge in [0.25, 0.3) is 5.91 Å². The van der Waals surface area contributed by atoms with Gasteiger partial charge >= 0.3 is 0 Å².